The molecule has 0 aromatic carbocycles. The van der Waals surface area contributed by atoms with Crippen LogP contribution >= 0.6 is 9.24 Å². The highest BCUT2D eigenvalue weighted by atomic mass is 31.0. The van der Waals surface area contributed by atoms with Crippen molar-refractivity contribution in [3.8, 4) is 0 Å². The highest BCUT2D eigenvalue weighted by molar-refractivity contribution is 7.20. The summed E-state index contributed by atoms with van der Waals surface area (Å²) in [6, 6.07) is 0. The van der Waals surface area contributed by atoms with E-state index in [1.165, 1.54) is 5.57 Å². The van der Waals surface area contributed by atoms with Crippen LogP contribution in [-0.4, -0.2) is 5.78 Å². The molecule has 1 fully saturated rings. The van der Waals surface area contributed by atoms with Crippen LogP contribution in [0, 0.1) is 5.92 Å². The van der Waals surface area contributed by atoms with Crippen molar-refractivity contribution in [2.45, 2.75) is 32.6 Å². The summed E-state index contributed by atoms with van der Waals surface area (Å²) in [6.45, 7) is 2.07. The lowest BCUT2D eigenvalue weighted by Crippen LogP contribution is -2.14. The molecule has 1 rings (SSSR count). The molecule has 1 nitrogen and oxygen atoms in total. The van der Waals surface area contributed by atoms with Crippen LogP contribution in [0.25, 0.3) is 0 Å². The van der Waals surface area contributed by atoms with Crippen molar-refractivity contribution in [3.05, 3.63) is 23.5 Å². The van der Waals surface area contributed by atoms with Gasteiger partial charge >= 0.3 is 0 Å². The zero-order valence-corrected chi connectivity index (χ0v) is 9.28. The van der Waals surface area contributed by atoms with Crippen molar-refractivity contribution in [1.29, 1.82) is 0 Å². The third-order valence-electron chi connectivity index (χ3n) is 2.64. The van der Waals surface area contributed by atoms with E-state index in [-0.39, 0.29) is 0 Å². The smallest absolute Gasteiger partial charge is 0.132 e. The van der Waals surface area contributed by atoms with Gasteiger partial charge in [0.2, 0.25) is 0 Å². The van der Waals surface area contributed by atoms with Gasteiger partial charge in [-0.3, -0.25) is 4.79 Å². The van der Waals surface area contributed by atoms with Crippen LogP contribution in [0.3, 0.4) is 0 Å². The second-order valence-corrected chi connectivity index (χ2v) is 3.85. The van der Waals surface area contributed by atoms with Gasteiger partial charge in [-0.15, -0.1) is 9.24 Å². The lowest BCUT2D eigenvalue weighted by molar-refractivity contribution is -0.120. The molecule has 0 amide bonds. The first-order valence-corrected chi connectivity index (χ1v) is 5.50. The SMILES string of the molecule is C/C=C(\C=C/P)C1CCC(=O)CC1. The average Bonchev–Trinajstić information content (AvgIpc) is 2.16. The lowest BCUT2D eigenvalue weighted by atomic mass is 9.83. The summed E-state index contributed by atoms with van der Waals surface area (Å²) in [5.41, 5.74) is 1.38. The van der Waals surface area contributed by atoms with Gasteiger partial charge in [0.15, 0.2) is 0 Å². The Morgan fingerprint density at radius 3 is 2.54 bits per heavy atom. The van der Waals surface area contributed by atoms with E-state index >= 15 is 0 Å². The highest BCUT2D eigenvalue weighted by Gasteiger charge is 2.19. The molecule has 1 aliphatic carbocycles. The van der Waals surface area contributed by atoms with Gasteiger partial charge in [-0.05, 0) is 31.3 Å². The van der Waals surface area contributed by atoms with Crippen LogP contribution in [0.4, 0.5) is 0 Å². The van der Waals surface area contributed by atoms with E-state index in [2.05, 4.69) is 28.3 Å². The predicted molar refractivity (Wildman–Crippen MR) is 59.6 cm³/mol. The quantitative estimate of drug-likeness (QED) is 0.490. The topological polar surface area (TPSA) is 17.1 Å². The summed E-state index contributed by atoms with van der Waals surface area (Å²) in [5.74, 6) is 3.03. The summed E-state index contributed by atoms with van der Waals surface area (Å²) in [7, 11) is 2.59. The fourth-order valence-electron chi connectivity index (χ4n) is 1.85. The maximum Gasteiger partial charge on any atom is 0.132 e. The van der Waals surface area contributed by atoms with Crippen molar-refractivity contribution in [3.63, 3.8) is 0 Å². The molecule has 0 heterocycles. The standard InChI is InChI=1S/C11H17OP/c1-2-9(7-8-13)10-3-5-11(12)6-4-10/h2,7-8,10H,3-6,13H2,1H3/b8-7-,9-2+. The molecule has 1 aliphatic rings. The van der Waals surface area contributed by atoms with Gasteiger partial charge in [0.25, 0.3) is 0 Å². The van der Waals surface area contributed by atoms with E-state index in [0.717, 1.165) is 25.7 Å². The first-order valence-electron chi connectivity index (χ1n) is 4.84. The van der Waals surface area contributed by atoms with Crippen LogP contribution in [0.2, 0.25) is 0 Å². The summed E-state index contributed by atoms with van der Waals surface area (Å²) >= 11 is 0. The van der Waals surface area contributed by atoms with Gasteiger partial charge in [0, 0.05) is 12.8 Å². The predicted octanol–water partition coefficient (Wildman–Crippen LogP) is 3.08. The second kappa shape index (κ2) is 5.34. The first kappa shape index (κ1) is 10.7. The van der Waals surface area contributed by atoms with Crippen molar-refractivity contribution in [2.75, 3.05) is 0 Å². The van der Waals surface area contributed by atoms with Crippen LogP contribution in [0.5, 0.6) is 0 Å². The van der Waals surface area contributed by atoms with Crippen molar-refractivity contribution >= 4 is 15.0 Å². The van der Waals surface area contributed by atoms with Gasteiger partial charge in [-0.1, -0.05) is 18.0 Å². The van der Waals surface area contributed by atoms with Gasteiger partial charge in [-0.25, -0.2) is 0 Å². The van der Waals surface area contributed by atoms with E-state index < -0.39 is 0 Å². The molecule has 0 saturated heterocycles. The zero-order valence-electron chi connectivity index (χ0n) is 8.12. The maximum absolute atomic E-state index is 11.0. The Balaban J connectivity index is 2.56. The molecular weight excluding hydrogens is 179 g/mol. The van der Waals surface area contributed by atoms with E-state index in [1.54, 1.807) is 0 Å². The summed E-state index contributed by atoms with van der Waals surface area (Å²) in [4.78, 5) is 11.0. The molecule has 0 spiro atoms. The molecule has 0 aromatic heterocycles. The molecule has 1 saturated carbocycles. The molecule has 1 atom stereocenters. The molecule has 0 aromatic rings. The van der Waals surface area contributed by atoms with Gasteiger partial charge in [-0.2, -0.15) is 0 Å². The van der Waals surface area contributed by atoms with Crippen molar-refractivity contribution in [1.82, 2.24) is 0 Å². The molecule has 1 unspecified atom stereocenters. The third kappa shape index (κ3) is 3.08. The zero-order chi connectivity index (χ0) is 9.68. The van der Waals surface area contributed by atoms with Gasteiger partial charge < -0.3 is 0 Å². The fraction of sp³-hybridized carbons (Fsp3) is 0.545. The van der Waals surface area contributed by atoms with E-state index in [0.29, 0.717) is 11.7 Å². The Kier molecular flexibility index (Phi) is 4.38. The summed E-state index contributed by atoms with van der Waals surface area (Å²) in [5, 5.41) is 0. The summed E-state index contributed by atoms with van der Waals surface area (Å²) < 4.78 is 0. The minimum Gasteiger partial charge on any atom is -0.300 e. The fourth-order valence-corrected chi connectivity index (χ4v) is 2.07. The number of ketones is 1. The van der Waals surface area contributed by atoms with Crippen molar-refractivity contribution in [2.24, 2.45) is 5.92 Å². The van der Waals surface area contributed by atoms with Crippen LogP contribution < -0.4 is 0 Å². The number of Topliss-reactive ketones (excluding diaryl/α,β-unsaturated/α-hetero) is 1. The minimum atomic E-state index is 0.432. The Labute approximate surface area is 82.5 Å². The van der Waals surface area contributed by atoms with E-state index in [9.17, 15) is 4.79 Å². The molecule has 0 N–H and O–H groups in total. The molecule has 0 bridgehead atoms. The third-order valence-corrected chi connectivity index (χ3v) is 2.83. The highest BCUT2D eigenvalue weighted by Crippen LogP contribution is 2.28. The minimum absolute atomic E-state index is 0.432. The van der Waals surface area contributed by atoms with Gasteiger partial charge in [0.1, 0.15) is 5.78 Å². The number of hydrogen-bond donors (Lipinski definition) is 0. The Morgan fingerprint density at radius 1 is 1.46 bits per heavy atom. The monoisotopic (exact) mass is 196 g/mol. The molecule has 13 heavy (non-hydrogen) atoms. The number of hydrogen-bond acceptors (Lipinski definition) is 1. The van der Waals surface area contributed by atoms with E-state index in [4.69, 9.17) is 0 Å². The van der Waals surface area contributed by atoms with Crippen LogP contribution in [-0.2, 0) is 4.79 Å². The molecule has 72 valence electrons. The number of carbonyl (C=O) groups excluding carboxylic acids is 1. The van der Waals surface area contributed by atoms with Gasteiger partial charge in [0.05, 0.1) is 0 Å². The average molecular weight is 196 g/mol. The molecule has 0 radical (unpaired) electrons. The second-order valence-electron chi connectivity index (χ2n) is 3.46. The van der Waals surface area contributed by atoms with Crippen molar-refractivity contribution < 1.29 is 4.79 Å². The normalized spacial score (nSPS) is 21.4. The number of carbonyl (C=O) groups is 1. The number of allylic oxidation sites excluding steroid dienone is 3. The Hall–Kier alpha value is -0.420. The molecular formula is C11H17OP. The Morgan fingerprint density at radius 2 is 2.08 bits per heavy atom. The van der Waals surface area contributed by atoms with E-state index in [1.807, 2.05) is 5.82 Å². The van der Waals surface area contributed by atoms with Crippen LogP contribution in [0.1, 0.15) is 32.6 Å². The van der Waals surface area contributed by atoms with Crippen LogP contribution in [0.15, 0.2) is 23.5 Å². The molecule has 0 aliphatic heterocycles. The Bertz CT molecular complexity index is 230. The first-order chi connectivity index (χ1) is 6.27. The maximum atomic E-state index is 11.0. The lowest BCUT2D eigenvalue weighted by Gasteiger charge is -2.21. The number of rotatable bonds is 2. The molecule has 2 heteroatoms. The largest absolute Gasteiger partial charge is 0.300 e. The summed E-state index contributed by atoms with van der Waals surface area (Å²) in [6.07, 6.45) is 7.90.